The highest BCUT2D eigenvalue weighted by atomic mass is 35.5. The molecule has 1 atom stereocenters. The predicted octanol–water partition coefficient (Wildman–Crippen LogP) is 4.39. The van der Waals surface area contributed by atoms with Gasteiger partial charge in [-0.15, -0.1) is 35.1 Å². The van der Waals surface area contributed by atoms with Crippen molar-refractivity contribution in [3.63, 3.8) is 0 Å². The summed E-state index contributed by atoms with van der Waals surface area (Å²) in [5.41, 5.74) is 4.76. The normalized spacial score (nSPS) is 15.8. The van der Waals surface area contributed by atoms with E-state index in [1.165, 1.54) is 11.8 Å². The largest absolute Gasteiger partial charge is 0.365 e. The van der Waals surface area contributed by atoms with Gasteiger partial charge in [0.1, 0.15) is 11.5 Å². The fraction of sp³-hybridized carbons (Fsp3) is 0.350. The SMILES string of the molecule is C=N/C(=C\SCCl)C1SCn2c(-c3ccn(C)n3)c(C=O)c(N(C)C(=C)N(C)C)c21. The van der Waals surface area contributed by atoms with Crippen molar-refractivity contribution < 1.29 is 4.79 Å². The Labute approximate surface area is 190 Å². The van der Waals surface area contributed by atoms with Crippen LogP contribution in [0.4, 0.5) is 5.69 Å². The van der Waals surface area contributed by atoms with Gasteiger partial charge in [0, 0.05) is 34.4 Å². The van der Waals surface area contributed by atoms with Crippen LogP contribution in [0.15, 0.2) is 40.8 Å². The number of thioether (sulfide) groups is 2. The lowest BCUT2D eigenvalue weighted by Gasteiger charge is -2.28. The maximum absolute atomic E-state index is 12.4. The second-order valence-corrected chi connectivity index (χ2v) is 9.44. The van der Waals surface area contributed by atoms with Crippen LogP contribution in [0.3, 0.4) is 0 Å². The molecule has 0 amide bonds. The molecule has 3 rings (SSSR count). The molecule has 7 nitrogen and oxygen atoms in total. The maximum Gasteiger partial charge on any atom is 0.154 e. The van der Waals surface area contributed by atoms with E-state index in [-0.39, 0.29) is 5.25 Å². The molecule has 30 heavy (non-hydrogen) atoms. The Kier molecular flexibility index (Phi) is 7.05. The van der Waals surface area contributed by atoms with Crippen LogP contribution in [0.25, 0.3) is 11.4 Å². The molecule has 1 aliphatic rings. The van der Waals surface area contributed by atoms with Gasteiger partial charge in [0.05, 0.1) is 44.7 Å². The molecule has 0 saturated carbocycles. The van der Waals surface area contributed by atoms with Crippen molar-refractivity contribution in [2.24, 2.45) is 12.0 Å². The molecule has 1 aliphatic heterocycles. The van der Waals surface area contributed by atoms with Crippen LogP contribution in [0.2, 0.25) is 0 Å². The van der Waals surface area contributed by atoms with Gasteiger partial charge in [0.25, 0.3) is 0 Å². The third kappa shape index (κ3) is 3.93. The fourth-order valence-electron chi connectivity index (χ4n) is 3.51. The summed E-state index contributed by atoms with van der Waals surface area (Å²) in [5, 5.41) is 6.85. The van der Waals surface area contributed by atoms with Crippen LogP contribution >= 0.6 is 35.1 Å². The second-order valence-electron chi connectivity index (χ2n) is 6.94. The van der Waals surface area contributed by atoms with Gasteiger partial charge in [-0.25, -0.2) is 0 Å². The molecule has 0 aliphatic carbocycles. The molecule has 0 fully saturated rings. The number of halogens is 1. The zero-order valence-electron chi connectivity index (χ0n) is 17.5. The lowest BCUT2D eigenvalue weighted by molar-refractivity contribution is 0.112. The van der Waals surface area contributed by atoms with Gasteiger partial charge in [0.2, 0.25) is 0 Å². The molecule has 0 aromatic carbocycles. The average Bonchev–Trinajstić information content (AvgIpc) is 3.41. The summed E-state index contributed by atoms with van der Waals surface area (Å²) in [4.78, 5) is 20.5. The van der Waals surface area contributed by atoms with Crippen LogP contribution in [-0.2, 0) is 12.9 Å². The van der Waals surface area contributed by atoms with E-state index in [1.54, 1.807) is 16.4 Å². The molecule has 2 aromatic heterocycles. The van der Waals surface area contributed by atoms with Crippen molar-refractivity contribution in [1.82, 2.24) is 19.2 Å². The quantitative estimate of drug-likeness (QED) is 0.311. The molecule has 1 unspecified atom stereocenters. The summed E-state index contributed by atoms with van der Waals surface area (Å²) in [6, 6.07) is 1.92. The standard InChI is InChI=1S/C20H25ClN6OS2/c1-13(24(3)4)26(6)18-14(9-28)17(15-7-8-25(5)23-15)27-12-30-20(19(18)27)16(22-2)10-29-11-21/h7-10,20H,1-2,11-12H2,3-6H3/b16-10-. The van der Waals surface area contributed by atoms with Crippen LogP contribution in [0.5, 0.6) is 0 Å². The van der Waals surface area contributed by atoms with E-state index in [4.69, 9.17) is 11.6 Å². The van der Waals surface area contributed by atoms with E-state index < -0.39 is 0 Å². The number of carbonyl (C=O) groups is 1. The topological polar surface area (TPSA) is 58.7 Å². The summed E-state index contributed by atoms with van der Waals surface area (Å²) in [6.07, 6.45) is 2.78. The van der Waals surface area contributed by atoms with E-state index in [9.17, 15) is 4.79 Å². The molecule has 3 heterocycles. The van der Waals surface area contributed by atoms with Crippen molar-refractivity contribution >= 4 is 53.8 Å². The third-order valence-corrected chi connectivity index (χ3v) is 7.08. The summed E-state index contributed by atoms with van der Waals surface area (Å²) in [6.45, 7) is 7.94. The highest BCUT2D eigenvalue weighted by Crippen LogP contribution is 2.52. The molecule has 0 saturated heterocycles. The fourth-order valence-corrected chi connectivity index (χ4v) is 5.50. The van der Waals surface area contributed by atoms with Crippen LogP contribution in [0, 0.1) is 0 Å². The second kappa shape index (κ2) is 9.36. The highest BCUT2D eigenvalue weighted by Gasteiger charge is 2.38. The van der Waals surface area contributed by atoms with Gasteiger partial charge in [-0.2, -0.15) is 5.10 Å². The van der Waals surface area contributed by atoms with Gasteiger partial charge >= 0.3 is 0 Å². The van der Waals surface area contributed by atoms with Gasteiger partial charge in [-0.3, -0.25) is 14.5 Å². The van der Waals surface area contributed by atoms with Gasteiger partial charge in [0.15, 0.2) is 6.29 Å². The molecular formula is C20H25ClN6OS2. The zero-order chi connectivity index (χ0) is 22.0. The Hall–Kier alpha value is -2.10. The number of fused-ring (bicyclic) bond motifs is 1. The van der Waals surface area contributed by atoms with Gasteiger partial charge in [-0.05, 0) is 18.2 Å². The number of aldehydes is 1. The van der Waals surface area contributed by atoms with Crippen molar-refractivity contribution in [3.8, 4) is 11.4 Å². The summed E-state index contributed by atoms with van der Waals surface area (Å²) < 4.78 is 3.89. The molecule has 2 aromatic rings. The highest BCUT2D eigenvalue weighted by molar-refractivity contribution is 8.03. The van der Waals surface area contributed by atoms with Crippen molar-refractivity contribution in [2.75, 3.05) is 31.3 Å². The number of alkyl halides is 1. The first-order valence-corrected chi connectivity index (χ1v) is 11.8. The van der Waals surface area contributed by atoms with Crippen LogP contribution in [0.1, 0.15) is 21.3 Å². The summed E-state index contributed by atoms with van der Waals surface area (Å²) in [7, 11) is 7.64. The number of anilines is 1. The monoisotopic (exact) mass is 464 g/mol. The Morgan fingerprint density at radius 1 is 1.50 bits per heavy atom. The number of carbonyl (C=O) groups excluding carboxylic acids is 1. The molecule has 0 bridgehead atoms. The number of aryl methyl sites for hydroxylation is 1. The Bertz CT molecular complexity index is 1010. The van der Waals surface area contributed by atoms with Crippen molar-refractivity contribution in [2.45, 2.75) is 11.1 Å². The van der Waals surface area contributed by atoms with E-state index in [2.05, 4.69) is 28.0 Å². The molecule has 10 heteroatoms. The number of hydrogen-bond acceptors (Lipinski definition) is 7. The Balaban J connectivity index is 2.29. The van der Waals surface area contributed by atoms with Crippen LogP contribution < -0.4 is 4.90 Å². The summed E-state index contributed by atoms with van der Waals surface area (Å²) >= 11 is 9.06. The van der Waals surface area contributed by atoms with E-state index in [0.29, 0.717) is 16.7 Å². The Morgan fingerprint density at radius 3 is 2.77 bits per heavy atom. The van der Waals surface area contributed by atoms with Gasteiger partial charge in [-0.1, -0.05) is 6.58 Å². The molecule has 0 spiro atoms. The molecule has 0 radical (unpaired) electrons. The number of aromatic nitrogens is 3. The minimum atomic E-state index is -0.0817. The van der Waals surface area contributed by atoms with Crippen LogP contribution in [-0.4, -0.2) is 58.6 Å². The third-order valence-electron chi connectivity index (χ3n) is 4.96. The smallest absolute Gasteiger partial charge is 0.154 e. The first-order valence-electron chi connectivity index (χ1n) is 9.13. The Morgan fingerprint density at radius 2 is 2.23 bits per heavy atom. The van der Waals surface area contributed by atoms with Crippen molar-refractivity contribution in [3.05, 3.63) is 47.0 Å². The summed E-state index contributed by atoms with van der Waals surface area (Å²) in [5.74, 6) is 1.44. The minimum absolute atomic E-state index is 0.0817. The van der Waals surface area contributed by atoms with Crippen molar-refractivity contribution in [1.29, 1.82) is 0 Å². The first kappa shape index (κ1) is 22.6. The molecular weight excluding hydrogens is 440 g/mol. The number of rotatable bonds is 9. The maximum atomic E-state index is 12.4. The molecule has 160 valence electrons. The lowest BCUT2D eigenvalue weighted by Crippen LogP contribution is -2.28. The number of hydrogen-bond donors (Lipinski definition) is 0. The van der Waals surface area contributed by atoms with Gasteiger partial charge < -0.3 is 14.4 Å². The van der Waals surface area contributed by atoms with E-state index in [1.807, 2.05) is 55.7 Å². The number of aliphatic imine (C=N–C) groups is 1. The molecule has 0 N–H and O–H groups in total. The number of nitrogens with zero attached hydrogens (tertiary/aromatic N) is 6. The predicted molar refractivity (Wildman–Crippen MR) is 130 cm³/mol. The first-order chi connectivity index (χ1) is 14.3. The van der Waals surface area contributed by atoms with E-state index >= 15 is 0 Å². The lowest BCUT2D eigenvalue weighted by atomic mass is 10.1. The zero-order valence-corrected chi connectivity index (χ0v) is 19.9. The van der Waals surface area contributed by atoms with E-state index in [0.717, 1.165) is 40.6 Å². The average molecular weight is 465 g/mol. The minimum Gasteiger partial charge on any atom is -0.365 e.